The van der Waals surface area contributed by atoms with E-state index in [0.717, 1.165) is 38.5 Å². The van der Waals surface area contributed by atoms with Gasteiger partial charge < -0.3 is 30.1 Å². The highest BCUT2D eigenvalue weighted by Gasteiger charge is 2.63. The molecule has 4 fully saturated rings. The molecule has 0 aromatic rings. The van der Waals surface area contributed by atoms with Crippen molar-refractivity contribution in [2.75, 3.05) is 6.54 Å². The van der Waals surface area contributed by atoms with Crippen molar-refractivity contribution in [2.45, 2.75) is 130 Å². The first-order chi connectivity index (χ1) is 18.1. The van der Waals surface area contributed by atoms with Crippen LogP contribution in [0.25, 0.3) is 0 Å². The SMILES string of the molecule is C[C@H](CCC(O)OC(C)(C)C)C1CCC2C3C(CC[C@@]21C)[C@@]1(C)CC[C@@H](OC(=O)NCC(=O)O)CC1C[C@H]3O. The molecule has 0 aliphatic heterocycles. The molecule has 0 aromatic carbocycles. The summed E-state index contributed by atoms with van der Waals surface area (Å²) in [4.78, 5) is 22.8. The highest BCUT2D eigenvalue weighted by molar-refractivity contribution is 5.76. The first-order valence-electron chi connectivity index (χ1n) is 15.3. The van der Waals surface area contributed by atoms with E-state index < -0.39 is 24.9 Å². The number of rotatable bonds is 8. The van der Waals surface area contributed by atoms with Crippen molar-refractivity contribution in [1.29, 1.82) is 0 Å². The summed E-state index contributed by atoms with van der Waals surface area (Å²) in [6.07, 6.45) is 7.54. The molecule has 4 saturated carbocycles. The maximum atomic E-state index is 12.1. The van der Waals surface area contributed by atoms with E-state index in [-0.39, 0.29) is 28.6 Å². The van der Waals surface area contributed by atoms with Crippen LogP contribution in [0.2, 0.25) is 0 Å². The Morgan fingerprint density at radius 2 is 1.67 bits per heavy atom. The van der Waals surface area contributed by atoms with Gasteiger partial charge >= 0.3 is 12.1 Å². The van der Waals surface area contributed by atoms with E-state index in [1.165, 1.54) is 19.3 Å². The van der Waals surface area contributed by atoms with Gasteiger partial charge in [-0.2, -0.15) is 0 Å². The van der Waals surface area contributed by atoms with Crippen LogP contribution in [0.4, 0.5) is 4.79 Å². The molecule has 4 N–H and O–H groups in total. The van der Waals surface area contributed by atoms with Gasteiger partial charge in [0.15, 0.2) is 6.29 Å². The molecular weight excluding hydrogens is 498 g/mol. The van der Waals surface area contributed by atoms with Gasteiger partial charge in [-0.25, -0.2) is 4.79 Å². The fourth-order valence-corrected chi connectivity index (χ4v) is 9.68. The van der Waals surface area contributed by atoms with Crippen molar-refractivity contribution in [3.63, 3.8) is 0 Å². The van der Waals surface area contributed by atoms with Gasteiger partial charge in [0.2, 0.25) is 0 Å². The highest BCUT2D eigenvalue weighted by Crippen LogP contribution is 2.68. The van der Waals surface area contributed by atoms with Crippen LogP contribution < -0.4 is 5.32 Å². The normalized spacial score (nSPS) is 41.5. The molecule has 0 saturated heterocycles. The largest absolute Gasteiger partial charge is 0.480 e. The minimum Gasteiger partial charge on any atom is -0.480 e. The van der Waals surface area contributed by atoms with Crippen LogP contribution in [0.15, 0.2) is 0 Å². The number of carboxylic acids is 1. The number of ether oxygens (including phenoxy) is 2. The lowest BCUT2D eigenvalue weighted by atomic mass is 9.43. The summed E-state index contributed by atoms with van der Waals surface area (Å²) in [5, 5.41) is 33.1. The Hall–Kier alpha value is -1.38. The van der Waals surface area contributed by atoms with Crippen LogP contribution in [0, 0.1) is 46.3 Å². The van der Waals surface area contributed by atoms with Crippen LogP contribution in [-0.4, -0.2) is 58.0 Å². The van der Waals surface area contributed by atoms with E-state index in [1.54, 1.807) is 0 Å². The van der Waals surface area contributed by atoms with E-state index in [9.17, 15) is 19.8 Å². The lowest BCUT2D eigenvalue weighted by Crippen LogP contribution is -2.59. The fraction of sp³-hybridized carbons (Fsp3) is 0.935. The second-order valence-corrected chi connectivity index (χ2v) is 14.8. The molecule has 11 atom stereocenters. The van der Waals surface area contributed by atoms with E-state index in [4.69, 9.17) is 14.6 Å². The van der Waals surface area contributed by atoms with Gasteiger partial charge in [0.25, 0.3) is 0 Å². The minimum atomic E-state index is -1.09. The molecular formula is C31H53NO7. The third-order valence-electron chi connectivity index (χ3n) is 11.4. The first kappa shape index (κ1) is 30.6. The minimum absolute atomic E-state index is 0.126. The van der Waals surface area contributed by atoms with Gasteiger partial charge in [0.05, 0.1) is 11.7 Å². The maximum absolute atomic E-state index is 12.1. The Balaban J connectivity index is 1.39. The molecule has 0 heterocycles. The number of aliphatic carboxylic acids is 1. The van der Waals surface area contributed by atoms with Gasteiger partial charge in [-0.15, -0.1) is 0 Å². The summed E-state index contributed by atoms with van der Waals surface area (Å²) in [6.45, 7) is 12.7. The standard InChI is InChI=1S/C31H53NO7/c1-18(7-10-26(36)39-29(2,3)4)21-8-9-22-27-23(12-14-31(21,22)6)30(5)13-11-20(15-19(30)16-24(27)33)38-28(37)32-17-25(34)35/h18-24,26-27,33,36H,7-17H2,1-6H3,(H,32,37)(H,34,35)/t18-,19?,20-,21?,22?,23?,24-,26?,27?,30+,31-/m1/s1. The molecule has 8 heteroatoms. The smallest absolute Gasteiger partial charge is 0.407 e. The van der Waals surface area contributed by atoms with Crippen molar-refractivity contribution >= 4 is 12.1 Å². The molecule has 4 aliphatic rings. The predicted molar refractivity (Wildman–Crippen MR) is 148 cm³/mol. The number of carbonyl (C=O) groups excluding carboxylic acids is 1. The number of fused-ring (bicyclic) bond motifs is 5. The average Bonchev–Trinajstić information content (AvgIpc) is 3.18. The number of aliphatic hydroxyl groups is 2. The van der Waals surface area contributed by atoms with Crippen LogP contribution in [-0.2, 0) is 14.3 Å². The number of hydrogen-bond donors (Lipinski definition) is 4. The second kappa shape index (κ2) is 11.5. The fourth-order valence-electron chi connectivity index (χ4n) is 9.68. The number of nitrogens with one attached hydrogen (secondary N) is 1. The number of carbonyl (C=O) groups is 2. The molecule has 0 aromatic heterocycles. The molecule has 6 unspecified atom stereocenters. The monoisotopic (exact) mass is 551 g/mol. The molecule has 8 nitrogen and oxygen atoms in total. The summed E-state index contributed by atoms with van der Waals surface area (Å²) in [5.74, 6) is 1.60. The van der Waals surface area contributed by atoms with E-state index in [2.05, 4.69) is 26.1 Å². The van der Waals surface area contributed by atoms with Crippen LogP contribution in [0.3, 0.4) is 0 Å². The van der Waals surface area contributed by atoms with Crippen molar-refractivity contribution in [3.8, 4) is 0 Å². The van der Waals surface area contributed by atoms with Crippen LogP contribution in [0.5, 0.6) is 0 Å². The summed E-state index contributed by atoms with van der Waals surface area (Å²) in [7, 11) is 0. The number of aliphatic hydroxyl groups excluding tert-OH is 2. The maximum Gasteiger partial charge on any atom is 0.407 e. The van der Waals surface area contributed by atoms with Crippen LogP contribution >= 0.6 is 0 Å². The zero-order valence-corrected chi connectivity index (χ0v) is 24.9. The molecule has 39 heavy (non-hydrogen) atoms. The summed E-state index contributed by atoms with van der Waals surface area (Å²) in [6, 6.07) is 0. The number of alkyl carbamates (subject to hydrolysis) is 1. The van der Waals surface area contributed by atoms with Crippen molar-refractivity contribution < 1.29 is 34.4 Å². The van der Waals surface area contributed by atoms with E-state index in [0.29, 0.717) is 41.9 Å². The summed E-state index contributed by atoms with van der Waals surface area (Å²) < 4.78 is 11.3. The molecule has 4 aliphatic carbocycles. The molecule has 4 rings (SSSR count). The number of carboxylic acid groups (broad SMARTS) is 1. The lowest BCUT2D eigenvalue weighted by molar-refractivity contribution is -0.177. The van der Waals surface area contributed by atoms with Crippen molar-refractivity contribution in [1.82, 2.24) is 5.32 Å². The Morgan fingerprint density at radius 3 is 2.33 bits per heavy atom. The van der Waals surface area contributed by atoms with Crippen LogP contribution in [0.1, 0.15) is 106 Å². The number of amides is 1. The van der Waals surface area contributed by atoms with Gasteiger partial charge in [-0.1, -0.05) is 20.8 Å². The molecule has 0 spiro atoms. The van der Waals surface area contributed by atoms with E-state index in [1.807, 2.05) is 20.8 Å². The van der Waals surface area contributed by atoms with Crippen molar-refractivity contribution in [3.05, 3.63) is 0 Å². The Bertz CT molecular complexity index is 889. The molecule has 224 valence electrons. The van der Waals surface area contributed by atoms with Gasteiger partial charge in [-0.3, -0.25) is 4.79 Å². The molecule has 0 radical (unpaired) electrons. The predicted octanol–water partition coefficient (Wildman–Crippen LogP) is 5.35. The lowest BCUT2D eigenvalue weighted by Gasteiger charge is -2.62. The zero-order valence-electron chi connectivity index (χ0n) is 24.9. The topological polar surface area (TPSA) is 125 Å². The van der Waals surface area contributed by atoms with E-state index >= 15 is 0 Å². The first-order valence-corrected chi connectivity index (χ1v) is 15.3. The Labute approximate surface area is 234 Å². The second-order valence-electron chi connectivity index (χ2n) is 14.8. The summed E-state index contributed by atoms with van der Waals surface area (Å²) >= 11 is 0. The number of hydrogen-bond acceptors (Lipinski definition) is 6. The van der Waals surface area contributed by atoms with Gasteiger partial charge in [-0.05, 0) is 131 Å². The highest BCUT2D eigenvalue weighted by atomic mass is 16.6. The van der Waals surface area contributed by atoms with Gasteiger partial charge in [0.1, 0.15) is 12.6 Å². The third-order valence-corrected chi connectivity index (χ3v) is 11.4. The van der Waals surface area contributed by atoms with Gasteiger partial charge in [0, 0.05) is 0 Å². The Morgan fingerprint density at radius 1 is 1.00 bits per heavy atom. The quantitative estimate of drug-likeness (QED) is 0.300. The molecule has 1 amide bonds. The Kier molecular flexibility index (Phi) is 9.00. The molecule has 0 bridgehead atoms. The average molecular weight is 552 g/mol. The summed E-state index contributed by atoms with van der Waals surface area (Å²) in [5.41, 5.74) is -0.0154. The zero-order chi connectivity index (χ0) is 28.8. The third kappa shape index (κ3) is 6.43. The van der Waals surface area contributed by atoms with Crippen molar-refractivity contribution in [2.24, 2.45) is 46.3 Å².